The van der Waals surface area contributed by atoms with Crippen molar-refractivity contribution in [2.24, 2.45) is 0 Å². The van der Waals surface area contributed by atoms with Crippen molar-refractivity contribution in [2.75, 3.05) is 13.2 Å². The van der Waals surface area contributed by atoms with E-state index in [2.05, 4.69) is 55.6 Å². The zero-order chi connectivity index (χ0) is 69.5. The average Bonchev–Trinajstić information content (AvgIpc) is 0.847. The number of aliphatic hydroxyl groups is 7. The fourth-order valence-corrected chi connectivity index (χ4v) is 14.0. The van der Waals surface area contributed by atoms with E-state index in [1.54, 1.807) is 0 Å². The van der Waals surface area contributed by atoms with Crippen LogP contribution in [0.4, 0.5) is 0 Å². The number of hydrogen-bond donors (Lipinski definition) is 8. The van der Waals surface area contributed by atoms with Crippen LogP contribution in [0.25, 0.3) is 0 Å². The Morgan fingerprint density at radius 2 is 0.646 bits per heavy atom. The second kappa shape index (κ2) is 73.1. The Morgan fingerprint density at radius 3 is 0.958 bits per heavy atom. The summed E-state index contributed by atoms with van der Waals surface area (Å²) in [4.78, 5) is 13.3. The fraction of sp³-hybridized carbons (Fsp3) is 0.918. The molecule has 1 heterocycles. The second-order valence-electron chi connectivity index (χ2n) is 29.9. The maximum atomic E-state index is 13.3. The summed E-state index contributed by atoms with van der Waals surface area (Å²) >= 11 is 0. The Hall–Kier alpha value is -1.67. The van der Waals surface area contributed by atoms with Crippen molar-refractivity contribution in [1.29, 1.82) is 0 Å². The number of rotatable bonds is 76. The first-order valence-corrected chi connectivity index (χ1v) is 42.4. The maximum absolute atomic E-state index is 13.3. The maximum Gasteiger partial charge on any atom is 0.249 e. The van der Waals surface area contributed by atoms with Crippen LogP contribution in [-0.4, -0.2) is 110 Å². The van der Waals surface area contributed by atoms with Crippen molar-refractivity contribution in [1.82, 2.24) is 5.32 Å². The highest BCUT2D eigenvalue weighted by Gasteiger charge is 2.44. The van der Waals surface area contributed by atoms with E-state index in [4.69, 9.17) is 9.47 Å². The summed E-state index contributed by atoms with van der Waals surface area (Å²) in [6.07, 6.45) is 85.7. The van der Waals surface area contributed by atoms with Crippen molar-refractivity contribution in [3.8, 4) is 0 Å². The Bertz CT molecular complexity index is 1660. The van der Waals surface area contributed by atoms with Crippen LogP contribution in [0.5, 0.6) is 0 Å². The summed E-state index contributed by atoms with van der Waals surface area (Å²) in [5, 5.41) is 76.8. The summed E-state index contributed by atoms with van der Waals surface area (Å²) < 4.78 is 11.2. The lowest BCUT2D eigenvalue weighted by Crippen LogP contribution is -2.60. The minimum Gasteiger partial charge on any atom is -0.394 e. The fourth-order valence-electron chi connectivity index (χ4n) is 14.0. The van der Waals surface area contributed by atoms with Gasteiger partial charge in [-0.3, -0.25) is 4.79 Å². The van der Waals surface area contributed by atoms with Gasteiger partial charge in [0.05, 0.1) is 25.4 Å². The smallest absolute Gasteiger partial charge is 0.249 e. The minimum absolute atomic E-state index is 0.256. The molecule has 0 aromatic heterocycles. The summed E-state index contributed by atoms with van der Waals surface area (Å²) in [7, 11) is 0. The highest BCUT2D eigenvalue weighted by Crippen LogP contribution is 2.25. The van der Waals surface area contributed by atoms with E-state index < -0.39 is 74.2 Å². The van der Waals surface area contributed by atoms with Crippen molar-refractivity contribution >= 4 is 5.91 Å². The number of hydrogen-bond acceptors (Lipinski definition) is 10. The van der Waals surface area contributed by atoms with Gasteiger partial charge in [0.1, 0.15) is 36.6 Å². The van der Waals surface area contributed by atoms with Crippen LogP contribution in [-0.2, 0) is 14.3 Å². The third-order valence-electron chi connectivity index (χ3n) is 20.7. The summed E-state index contributed by atoms with van der Waals surface area (Å²) in [6.45, 7) is 3.52. The Kier molecular flexibility index (Phi) is 70.3. The van der Waals surface area contributed by atoms with Crippen LogP contribution in [0.3, 0.4) is 0 Å². The zero-order valence-corrected chi connectivity index (χ0v) is 63.4. The van der Waals surface area contributed by atoms with E-state index in [0.717, 1.165) is 44.9 Å². The molecular weight excluding hydrogens is 1190 g/mol. The summed E-state index contributed by atoms with van der Waals surface area (Å²) in [5.74, 6) is -0.699. The molecule has 0 saturated carbocycles. The molecule has 0 aromatic rings. The average molecular weight is 1360 g/mol. The molecule has 1 amide bonds. The van der Waals surface area contributed by atoms with Gasteiger partial charge in [-0.25, -0.2) is 0 Å². The standard InChI is InChI=1S/C85H163NO10/c1-3-5-7-9-11-13-15-17-19-21-23-25-27-29-31-33-35-36-37-38-39-40-41-43-45-47-49-51-53-55-57-59-61-63-65-67-69-71-73-78(89)84(94)86-76(75-95-85-83(93)82(92)81(91)79(74-87)96-85)80(90)77(88)72-70-68-66-64-62-60-58-56-54-52-50-48-46-44-42-34-32-30-28-26-24-22-20-18-16-14-12-10-8-6-4-2/h35-36,38-39,64,66,76-83,85,87-93H,3-34,37,40-63,65,67-75H2,1-2H3,(H,86,94)/b36-35-,39-38-,66-64+. The number of amides is 1. The van der Waals surface area contributed by atoms with Gasteiger partial charge < -0.3 is 50.5 Å². The quantitative estimate of drug-likeness (QED) is 0.0215. The molecule has 96 heavy (non-hydrogen) atoms. The number of ether oxygens (including phenoxy) is 2. The second-order valence-corrected chi connectivity index (χ2v) is 29.9. The SMILES string of the molecule is CCCCCCCCCCCCCCCCC/C=C\C/C=C\CCCCCCCCCCCCCCCCCCC(O)C(=O)NC(COC1OC(CO)C(O)C(O)C1O)C(O)C(O)CCC/C=C/CCCCCCCCCCCCCCCCCCCCCCCCCCCC. The Labute approximate surface area is 594 Å². The highest BCUT2D eigenvalue weighted by atomic mass is 16.7. The number of allylic oxidation sites excluding steroid dienone is 6. The Morgan fingerprint density at radius 1 is 0.365 bits per heavy atom. The molecule has 568 valence electrons. The number of carbonyl (C=O) groups excluding carboxylic acids is 1. The largest absolute Gasteiger partial charge is 0.394 e. The minimum atomic E-state index is -1.67. The molecular formula is C85H163NO10. The van der Waals surface area contributed by atoms with Gasteiger partial charge in [-0.05, 0) is 70.6 Å². The third-order valence-corrected chi connectivity index (χ3v) is 20.7. The molecule has 0 bridgehead atoms. The van der Waals surface area contributed by atoms with E-state index in [1.807, 2.05) is 0 Å². The summed E-state index contributed by atoms with van der Waals surface area (Å²) in [5.41, 5.74) is 0. The van der Waals surface area contributed by atoms with E-state index in [0.29, 0.717) is 12.8 Å². The lowest BCUT2D eigenvalue weighted by molar-refractivity contribution is -0.303. The van der Waals surface area contributed by atoms with Crippen LogP contribution in [0.1, 0.15) is 431 Å². The lowest BCUT2D eigenvalue weighted by Gasteiger charge is -2.40. The molecule has 0 radical (unpaired) electrons. The van der Waals surface area contributed by atoms with Crippen LogP contribution < -0.4 is 5.32 Å². The molecule has 1 saturated heterocycles. The molecule has 1 fully saturated rings. The monoisotopic (exact) mass is 1360 g/mol. The van der Waals surface area contributed by atoms with E-state index >= 15 is 0 Å². The van der Waals surface area contributed by atoms with Crippen LogP contribution >= 0.6 is 0 Å². The molecule has 0 aliphatic carbocycles. The Balaban J connectivity index is 2.12. The van der Waals surface area contributed by atoms with Gasteiger partial charge in [-0.1, -0.05) is 397 Å². The van der Waals surface area contributed by atoms with Gasteiger partial charge in [-0.2, -0.15) is 0 Å². The molecule has 11 nitrogen and oxygen atoms in total. The molecule has 9 unspecified atom stereocenters. The van der Waals surface area contributed by atoms with Crippen LogP contribution in [0.2, 0.25) is 0 Å². The van der Waals surface area contributed by atoms with Gasteiger partial charge in [0.25, 0.3) is 0 Å². The van der Waals surface area contributed by atoms with Gasteiger partial charge >= 0.3 is 0 Å². The molecule has 1 aliphatic rings. The number of aliphatic hydroxyl groups excluding tert-OH is 7. The number of nitrogens with one attached hydrogen (secondary N) is 1. The van der Waals surface area contributed by atoms with E-state index in [1.165, 1.54) is 347 Å². The van der Waals surface area contributed by atoms with Crippen molar-refractivity contribution in [2.45, 2.75) is 486 Å². The van der Waals surface area contributed by atoms with Crippen molar-refractivity contribution in [3.63, 3.8) is 0 Å². The third kappa shape index (κ3) is 58.9. The molecule has 9 atom stereocenters. The van der Waals surface area contributed by atoms with E-state index in [-0.39, 0.29) is 12.8 Å². The van der Waals surface area contributed by atoms with Gasteiger partial charge in [0.2, 0.25) is 5.91 Å². The predicted octanol–water partition coefficient (Wildman–Crippen LogP) is 22.4. The molecule has 11 heteroatoms. The van der Waals surface area contributed by atoms with Crippen molar-refractivity contribution in [3.05, 3.63) is 36.5 Å². The zero-order valence-electron chi connectivity index (χ0n) is 63.4. The topological polar surface area (TPSA) is 189 Å². The number of unbranched alkanes of at least 4 members (excludes halogenated alkanes) is 58. The first kappa shape index (κ1) is 92.3. The predicted molar refractivity (Wildman–Crippen MR) is 409 cm³/mol. The van der Waals surface area contributed by atoms with Gasteiger partial charge in [0.15, 0.2) is 6.29 Å². The van der Waals surface area contributed by atoms with E-state index in [9.17, 15) is 40.5 Å². The molecule has 0 aromatic carbocycles. The number of carbonyl (C=O) groups is 1. The van der Waals surface area contributed by atoms with Crippen molar-refractivity contribution < 1.29 is 50.0 Å². The first-order chi connectivity index (χ1) is 47.2. The molecule has 8 N–H and O–H groups in total. The van der Waals surface area contributed by atoms with Crippen LogP contribution in [0, 0.1) is 0 Å². The molecule has 0 spiro atoms. The molecule has 1 rings (SSSR count). The summed E-state index contributed by atoms with van der Waals surface area (Å²) in [6, 6.07) is -1.19. The van der Waals surface area contributed by atoms with Crippen LogP contribution in [0.15, 0.2) is 36.5 Å². The molecule has 1 aliphatic heterocycles. The normalized spacial score (nSPS) is 18.2. The first-order valence-electron chi connectivity index (χ1n) is 42.4. The lowest BCUT2D eigenvalue weighted by atomic mass is 9.98. The van der Waals surface area contributed by atoms with Gasteiger partial charge in [0, 0.05) is 0 Å². The van der Waals surface area contributed by atoms with Gasteiger partial charge in [-0.15, -0.1) is 0 Å². The highest BCUT2D eigenvalue weighted by molar-refractivity contribution is 5.80.